The van der Waals surface area contributed by atoms with E-state index in [4.69, 9.17) is 4.42 Å². The zero-order valence-corrected chi connectivity index (χ0v) is 12.3. The van der Waals surface area contributed by atoms with Crippen LogP contribution in [0.3, 0.4) is 0 Å². The van der Waals surface area contributed by atoms with Crippen molar-refractivity contribution in [3.05, 3.63) is 59.5 Å². The van der Waals surface area contributed by atoms with Gasteiger partial charge in [0.1, 0.15) is 5.76 Å². The standard InChI is InChI=1S/C17H14F3NO2/c1-21-13-9-12(14-6-3-7-23-14)16(22)15(13)10-4-2-5-11(8-10)17(18,19)20/h2-8,12,15H,9H2,1H3. The van der Waals surface area contributed by atoms with Crippen LogP contribution in [0.2, 0.25) is 0 Å². The molecular weight excluding hydrogens is 307 g/mol. The van der Waals surface area contributed by atoms with Crippen molar-refractivity contribution in [2.75, 3.05) is 7.05 Å². The zero-order chi connectivity index (χ0) is 16.6. The molecule has 2 atom stereocenters. The van der Waals surface area contributed by atoms with Crippen molar-refractivity contribution in [1.82, 2.24) is 0 Å². The molecule has 0 N–H and O–H groups in total. The lowest BCUT2D eigenvalue weighted by molar-refractivity contribution is -0.137. The highest BCUT2D eigenvalue weighted by Gasteiger charge is 2.42. The second kappa shape index (κ2) is 5.68. The van der Waals surface area contributed by atoms with E-state index < -0.39 is 23.6 Å². The quantitative estimate of drug-likeness (QED) is 0.831. The molecule has 1 saturated carbocycles. The molecule has 23 heavy (non-hydrogen) atoms. The van der Waals surface area contributed by atoms with Gasteiger partial charge in [0, 0.05) is 19.2 Å². The van der Waals surface area contributed by atoms with Crippen LogP contribution in [-0.4, -0.2) is 18.5 Å². The lowest BCUT2D eigenvalue weighted by atomic mass is 9.92. The van der Waals surface area contributed by atoms with Gasteiger partial charge in [-0.15, -0.1) is 0 Å². The molecule has 1 aromatic heterocycles. The molecule has 1 aliphatic carbocycles. The number of rotatable bonds is 2. The van der Waals surface area contributed by atoms with E-state index in [1.165, 1.54) is 18.4 Å². The highest BCUT2D eigenvalue weighted by atomic mass is 19.4. The lowest BCUT2D eigenvalue weighted by Gasteiger charge is -2.13. The molecule has 0 spiro atoms. The first-order valence-electron chi connectivity index (χ1n) is 7.11. The second-order valence-electron chi connectivity index (χ2n) is 5.45. The van der Waals surface area contributed by atoms with Crippen molar-refractivity contribution >= 4 is 11.5 Å². The molecular formula is C17H14F3NO2. The lowest BCUT2D eigenvalue weighted by Crippen LogP contribution is -2.16. The van der Waals surface area contributed by atoms with Crippen LogP contribution in [0.25, 0.3) is 0 Å². The first-order valence-corrected chi connectivity index (χ1v) is 7.11. The fraction of sp³-hybridized carbons (Fsp3) is 0.294. The Morgan fingerprint density at radius 2 is 2.00 bits per heavy atom. The molecule has 3 nitrogen and oxygen atoms in total. The Hall–Kier alpha value is -2.37. The number of benzene rings is 1. The molecule has 0 aliphatic heterocycles. The van der Waals surface area contributed by atoms with Crippen molar-refractivity contribution in [1.29, 1.82) is 0 Å². The average Bonchev–Trinajstić information content (AvgIpc) is 3.13. The molecule has 0 radical (unpaired) electrons. The van der Waals surface area contributed by atoms with Crippen LogP contribution in [0.1, 0.15) is 35.1 Å². The summed E-state index contributed by atoms with van der Waals surface area (Å²) in [5.74, 6) is -0.911. The predicted octanol–water partition coefficient (Wildman–Crippen LogP) is 4.21. The maximum Gasteiger partial charge on any atom is 0.416 e. The summed E-state index contributed by atoms with van der Waals surface area (Å²) < 4.78 is 44.0. The third-order valence-electron chi connectivity index (χ3n) is 4.10. The zero-order valence-electron chi connectivity index (χ0n) is 12.3. The van der Waals surface area contributed by atoms with Gasteiger partial charge in [-0.1, -0.05) is 18.2 Å². The van der Waals surface area contributed by atoms with E-state index in [2.05, 4.69) is 4.99 Å². The molecule has 3 rings (SSSR count). The van der Waals surface area contributed by atoms with Crippen molar-refractivity contribution < 1.29 is 22.4 Å². The van der Waals surface area contributed by atoms with Crippen LogP contribution in [-0.2, 0) is 11.0 Å². The van der Waals surface area contributed by atoms with Gasteiger partial charge in [-0.3, -0.25) is 9.79 Å². The van der Waals surface area contributed by atoms with Crippen molar-refractivity contribution in [2.24, 2.45) is 4.99 Å². The van der Waals surface area contributed by atoms with Crippen LogP contribution < -0.4 is 0 Å². The van der Waals surface area contributed by atoms with Crippen LogP contribution in [0, 0.1) is 0 Å². The maximum atomic E-state index is 12.9. The first kappa shape index (κ1) is 15.5. The molecule has 1 fully saturated rings. The van der Waals surface area contributed by atoms with Gasteiger partial charge in [0.2, 0.25) is 0 Å². The van der Waals surface area contributed by atoms with Gasteiger partial charge in [-0.2, -0.15) is 13.2 Å². The minimum Gasteiger partial charge on any atom is -0.469 e. The SMILES string of the molecule is CN=C1CC(c2ccco2)C(=O)C1c1cccc(C(F)(F)F)c1. The number of aliphatic imine (C=N–C) groups is 1. The van der Waals surface area contributed by atoms with Gasteiger partial charge in [0.25, 0.3) is 0 Å². The maximum absolute atomic E-state index is 12.9. The van der Waals surface area contributed by atoms with Crippen LogP contribution in [0.15, 0.2) is 52.1 Å². The largest absolute Gasteiger partial charge is 0.469 e. The summed E-state index contributed by atoms with van der Waals surface area (Å²) in [4.78, 5) is 16.8. The minimum absolute atomic E-state index is 0.181. The van der Waals surface area contributed by atoms with Gasteiger partial charge >= 0.3 is 6.18 Å². The number of Topliss-reactive ketones (excluding diaryl/α,β-unsaturated/α-hetero) is 1. The number of alkyl halides is 3. The molecule has 1 heterocycles. The number of nitrogens with zero attached hydrogens (tertiary/aromatic N) is 1. The van der Waals surface area contributed by atoms with Gasteiger partial charge in [0.05, 0.1) is 23.7 Å². The summed E-state index contributed by atoms with van der Waals surface area (Å²) in [7, 11) is 1.55. The Bertz CT molecular complexity index is 747. The Morgan fingerprint density at radius 1 is 1.22 bits per heavy atom. The van der Waals surface area contributed by atoms with Crippen molar-refractivity contribution in [2.45, 2.75) is 24.4 Å². The summed E-state index contributed by atoms with van der Waals surface area (Å²) >= 11 is 0. The minimum atomic E-state index is -4.44. The number of furan rings is 1. The summed E-state index contributed by atoms with van der Waals surface area (Å²) in [5.41, 5.74) is 0.134. The van der Waals surface area contributed by atoms with Gasteiger partial charge in [-0.25, -0.2) is 0 Å². The third-order valence-corrected chi connectivity index (χ3v) is 4.10. The Labute approximate surface area is 130 Å². The van der Waals surface area contributed by atoms with Crippen LogP contribution in [0.5, 0.6) is 0 Å². The second-order valence-corrected chi connectivity index (χ2v) is 5.45. The Kier molecular flexibility index (Phi) is 3.83. The Morgan fingerprint density at radius 3 is 2.61 bits per heavy atom. The molecule has 6 heteroatoms. The molecule has 0 amide bonds. The molecule has 1 aliphatic rings. The van der Waals surface area contributed by atoms with E-state index in [0.717, 1.165) is 12.1 Å². The first-order chi connectivity index (χ1) is 10.9. The molecule has 1 aromatic carbocycles. The number of halogens is 3. The average molecular weight is 321 g/mol. The molecule has 0 saturated heterocycles. The monoisotopic (exact) mass is 321 g/mol. The molecule has 2 unspecified atom stereocenters. The number of hydrogen-bond acceptors (Lipinski definition) is 3. The summed E-state index contributed by atoms with van der Waals surface area (Å²) in [6.07, 6.45) is -2.60. The van der Waals surface area contributed by atoms with Gasteiger partial charge in [-0.05, 0) is 23.8 Å². The van der Waals surface area contributed by atoms with Gasteiger partial charge in [0.15, 0.2) is 5.78 Å². The number of hydrogen-bond donors (Lipinski definition) is 0. The molecule has 0 bridgehead atoms. The highest BCUT2D eigenvalue weighted by Crippen LogP contribution is 2.40. The third kappa shape index (κ3) is 2.81. The fourth-order valence-corrected chi connectivity index (χ4v) is 2.99. The smallest absolute Gasteiger partial charge is 0.416 e. The Balaban J connectivity index is 2.00. The van der Waals surface area contributed by atoms with Crippen molar-refractivity contribution in [3.63, 3.8) is 0 Å². The molecule has 120 valence electrons. The normalized spacial score (nSPS) is 23.7. The van der Waals surface area contributed by atoms with Crippen molar-refractivity contribution in [3.8, 4) is 0 Å². The predicted molar refractivity (Wildman–Crippen MR) is 78.6 cm³/mol. The van der Waals surface area contributed by atoms with E-state index in [1.807, 2.05) is 0 Å². The number of ketones is 1. The van der Waals surface area contributed by atoms with Crippen LogP contribution >= 0.6 is 0 Å². The van der Waals surface area contributed by atoms with Gasteiger partial charge < -0.3 is 4.42 Å². The highest BCUT2D eigenvalue weighted by molar-refractivity contribution is 6.18. The fourth-order valence-electron chi connectivity index (χ4n) is 2.99. The summed E-state index contributed by atoms with van der Waals surface area (Å²) in [5, 5.41) is 0. The van der Waals surface area contributed by atoms with E-state index >= 15 is 0 Å². The summed E-state index contributed by atoms with van der Waals surface area (Å²) in [6.45, 7) is 0. The van der Waals surface area contributed by atoms with E-state index in [0.29, 0.717) is 23.5 Å². The van der Waals surface area contributed by atoms with Crippen LogP contribution in [0.4, 0.5) is 13.2 Å². The topological polar surface area (TPSA) is 42.6 Å². The number of carbonyl (C=O) groups excluding carboxylic acids is 1. The van der Waals surface area contributed by atoms with E-state index in [1.54, 1.807) is 19.2 Å². The van der Waals surface area contributed by atoms with E-state index in [9.17, 15) is 18.0 Å². The molecule has 2 aromatic rings. The number of carbonyl (C=O) groups is 1. The summed E-state index contributed by atoms with van der Waals surface area (Å²) in [6, 6.07) is 8.26. The van der Waals surface area contributed by atoms with E-state index in [-0.39, 0.29) is 5.78 Å².